The van der Waals surface area contributed by atoms with E-state index in [-0.39, 0.29) is 40.9 Å². The predicted molar refractivity (Wildman–Crippen MR) is 140 cm³/mol. The third-order valence-electron chi connectivity index (χ3n) is 6.59. The molecule has 2 N–H and O–H groups in total. The highest BCUT2D eigenvalue weighted by Crippen LogP contribution is 2.31. The van der Waals surface area contributed by atoms with E-state index in [1.165, 1.54) is 30.5 Å². The lowest BCUT2D eigenvalue weighted by Crippen LogP contribution is -2.22. The van der Waals surface area contributed by atoms with Crippen molar-refractivity contribution in [2.24, 2.45) is 7.05 Å². The third kappa shape index (κ3) is 5.18. The number of benzene rings is 1. The number of carbonyl (C=O) groups excluding carboxylic acids is 1. The van der Waals surface area contributed by atoms with Crippen LogP contribution in [0.1, 0.15) is 48.5 Å². The van der Waals surface area contributed by atoms with Crippen molar-refractivity contribution in [1.29, 1.82) is 0 Å². The van der Waals surface area contributed by atoms with Gasteiger partial charge in [0.15, 0.2) is 17.5 Å². The van der Waals surface area contributed by atoms with Crippen molar-refractivity contribution in [2.45, 2.75) is 45.5 Å². The van der Waals surface area contributed by atoms with Gasteiger partial charge in [-0.15, -0.1) is 0 Å². The van der Waals surface area contributed by atoms with Crippen LogP contribution in [0, 0.1) is 5.82 Å². The molecule has 1 fully saturated rings. The number of amides is 1. The standard InChI is InChI=1S/C28H29FN4O5/c1-3-25(35)24-13-21(23-12-19(34)7-8-33(23)24)28(36)31-22-11-17(16-38-26-6-4-5-9-37-26)10-20(27(22)29)18-14-30-32(2)15-18/h7-8,10-15,26,35H,3-6,9,16H2,1-2H3,(H,31,36)/b25-24-. The van der Waals surface area contributed by atoms with Crippen molar-refractivity contribution in [1.82, 2.24) is 14.2 Å². The smallest absolute Gasteiger partial charge is 0.257 e. The number of aliphatic hydroxyl groups excluding tert-OH is 1. The van der Waals surface area contributed by atoms with Crippen LogP contribution in [-0.4, -0.2) is 38.1 Å². The molecule has 1 aliphatic rings. The molecule has 1 aliphatic heterocycles. The van der Waals surface area contributed by atoms with Gasteiger partial charge in [-0.05, 0) is 43.0 Å². The molecule has 9 nitrogen and oxygen atoms in total. The Morgan fingerprint density at radius 2 is 2.13 bits per heavy atom. The van der Waals surface area contributed by atoms with Crippen molar-refractivity contribution < 1.29 is 23.8 Å². The fourth-order valence-electron chi connectivity index (χ4n) is 4.61. The molecule has 0 spiro atoms. The van der Waals surface area contributed by atoms with Crippen LogP contribution in [0.2, 0.25) is 0 Å². The van der Waals surface area contributed by atoms with E-state index in [1.54, 1.807) is 41.5 Å². The summed E-state index contributed by atoms with van der Waals surface area (Å²) in [5, 5.41) is 17.6. The minimum Gasteiger partial charge on any atom is -0.510 e. The lowest BCUT2D eigenvalue weighted by Gasteiger charge is -2.23. The first kappa shape index (κ1) is 25.6. The van der Waals surface area contributed by atoms with Gasteiger partial charge in [0.05, 0.1) is 34.9 Å². The minimum atomic E-state index is -0.625. The second-order valence-electron chi connectivity index (χ2n) is 9.33. The summed E-state index contributed by atoms with van der Waals surface area (Å²) in [5.41, 5.74) is 1.58. The molecule has 1 atom stereocenters. The van der Waals surface area contributed by atoms with Crippen LogP contribution in [0.15, 0.2) is 53.7 Å². The number of anilines is 1. The molecule has 0 radical (unpaired) electrons. The number of carbonyl (C=O) groups is 1. The van der Waals surface area contributed by atoms with E-state index in [1.807, 2.05) is 0 Å². The average molecular weight is 521 g/mol. The van der Waals surface area contributed by atoms with Crippen LogP contribution in [0.3, 0.4) is 0 Å². The fourth-order valence-corrected chi connectivity index (χ4v) is 4.61. The SMILES string of the molecule is CC/C(O)=c1\cc(C(=O)Nc2cc(COC3CCCCO3)cc(-c3cnn(C)c3)c2F)c2cc(=O)ccn12. The summed E-state index contributed by atoms with van der Waals surface area (Å²) in [4.78, 5) is 25.5. The van der Waals surface area contributed by atoms with Crippen molar-refractivity contribution in [3.05, 3.63) is 81.4 Å². The summed E-state index contributed by atoms with van der Waals surface area (Å²) in [6.07, 6.45) is 7.54. The number of aryl methyl sites for hydroxylation is 1. The second-order valence-corrected chi connectivity index (χ2v) is 9.33. The Kier molecular flexibility index (Phi) is 7.26. The lowest BCUT2D eigenvalue weighted by molar-refractivity contribution is -0.168. The average Bonchev–Trinajstić information content (AvgIpc) is 3.52. The van der Waals surface area contributed by atoms with Crippen LogP contribution >= 0.6 is 0 Å². The maximum atomic E-state index is 15.8. The van der Waals surface area contributed by atoms with E-state index in [2.05, 4.69) is 10.4 Å². The van der Waals surface area contributed by atoms with Gasteiger partial charge in [-0.3, -0.25) is 14.3 Å². The molecule has 10 heteroatoms. The molecule has 38 heavy (non-hydrogen) atoms. The Labute approximate surface area is 218 Å². The Balaban J connectivity index is 1.53. The molecule has 0 aliphatic carbocycles. The number of hydrogen-bond donors (Lipinski definition) is 2. The Hall–Kier alpha value is -4.02. The van der Waals surface area contributed by atoms with Gasteiger partial charge in [-0.1, -0.05) is 6.92 Å². The summed E-state index contributed by atoms with van der Waals surface area (Å²) in [7, 11) is 1.74. The van der Waals surface area contributed by atoms with Crippen LogP contribution < -0.4 is 16.1 Å². The summed E-state index contributed by atoms with van der Waals surface area (Å²) >= 11 is 0. The Morgan fingerprint density at radius 3 is 2.84 bits per heavy atom. The van der Waals surface area contributed by atoms with Crippen molar-refractivity contribution in [3.63, 3.8) is 0 Å². The third-order valence-corrected chi connectivity index (χ3v) is 6.59. The molecule has 1 amide bonds. The van der Waals surface area contributed by atoms with Gasteiger partial charge in [0.25, 0.3) is 5.91 Å². The number of nitrogens with one attached hydrogen (secondary N) is 1. The topological polar surface area (TPSA) is 107 Å². The lowest BCUT2D eigenvalue weighted by atomic mass is 10.0. The molecule has 198 valence electrons. The van der Waals surface area contributed by atoms with E-state index in [0.29, 0.717) is 35.0 Å². The van der Waals surface area contributed by atoms with Crippen molar-refractivity contribution in [2.75, 3.05) is 11.9 Å². The van der Waals surface area contributed by atoms with Gasteiger partial charge < -0.3 is 24.3 Å². The summed E-state index contributed by atoms with van der Waals surface area (Å²) in [6.45, 7) is 2.58. The first-order valence-corrected chi connectivity index (χ1v) is 12.6. The van der Waals surface area contributed by atoms with E-state index in [0.717, 1.165) is 19.3 Å². The maximum absolute atomic E-state index is 15.8. The number of halogens is 1. The van der Waals surface area contributed by atoms with Crippen molar-refractivity contribution >= 4 is 22.9 Å². The first-order valence-electron chi connectivity index (χ1n) is 12.6. The van der Waals surface area contributed by atoms with Crippen LogP contribution in [-0.2, 0) is 23.1 Å². The van der Waals surface area contributed by atoms with E-state index in [9.17, 15) is 14.7 Å². The monoisotopic (exact) mass is 520 g/mol. The number of aromatic nitrogens is 3. The second kappa shape index (κ2) is 10.8. The van der Waals surface area contributed by atoms with Crippen LogP contribution in [0.5, 0.6) is 0 Å². The zero-order valence-electron chi connectivity index (χ0n) is 21.2. The number of hydrogen-bond acceptors (Lipinski definition) is 6. The summed E-state index contributed by atoms with van der Waals surface area (Å²) < 4.78 is 30.5. The first-order chi connectivity index (χ1) is 18.3. The molecular formula is C28H29FN4O5. The maximum Gasteiger partial charge on any atom is 0.257 e. The number of fused-ring (bicyclic) bond motifs is 1. The van der Waals surface area contributed by atoms with Gasteiger partial charge in [-0.25, -0.2) is 4.39 Å². The molecule has 1 saturated heterocycles. The van der Waals surface area contributed by atoms with E-state index >= 15 is 4.39 Å². The molecule has 0 saturated carbocycles. The molecule has 1 unspecified atom stereocenters. The molecular weight excluding hydrogens is 491 g/mol. The quantitative estimate of drug-likeness (QED) is 0.383. The summed E-state index contributed by atoms with van der Waals surface area (Å²) in [5.74, 6) is -1.18. The highest BCUT2D eigenvalue weighted by atomic mass is 19.1. The van der Waals surface area contributed by atoms with Crippen molar-refractivity contribution in [3.8, 4) is 11.1 Å². The summed E-state index contributed by atoms with van der Waals surface area (Å²) in [6, 6.07) is 7.36. The van der Waals surface area contributed by atoms with Gasteiger partial charge in [0.2, 0.25) is 0 Å². The largest absolute Gasteiger partial charge is 0.510 e. The van der Waals surface area contributed by atoms with E-state index in [4.69, 9.17) is 9.47 Å². The highest BCUT2D eigenvalue weighted by Gasteiger charge is 2.21. The Bertz CT molecular complexity index is 1600. The Morgan fingerprint density at radius 1 is 1.29 bits per heavy atom. The zero-order valence-corrected chi connectivity index (χ0v) is 21.2. The minimum absolute atomic E-state index is 0.0395. The zero-order chi connectivity index (χ0) is 26.8. The molecule has 1 aromatic carbocycles. The normalized spacial score (nSPS) is 16.6. The van der Waals surface area contributed by atoms with Gasteiger partial charge in [0, 0.05) is 55.7 Å². The van der Waals surface area contributed by atoms with E-state index < -0.39 is 11.7 Å². The molecule has 0 bridgehead atoms. The van der Waals surface area contributed by atoms with Gasteiger partial charge in [-0.2, -0.15) is 5.10 Å². The van der Waals surface area contributed by atoms with Crippen LogP contribution in [0.25, 0.3) is 22.4 Å². The molecule has 5 rings (SSSR count). The number of aliphatic hydroxyl groups is 1. The number of pyridine rings is 1. The number of rotatable bonds is 7. The number of ether oxygens (including phenoxy) is 2. The fraction of sp³-hybridized carbons (Fsp3) is 0.321. The molecule has 3 aromatic heterocycles. The highest BCUT2D eigenvalue weighted by molar-refractivity contribution is 6.09. The van der Waals surface area contributed by atoms with Crippen LogP contribution in [0.4, 0.5) is 10.1 Å². The molecule has 4 heterocycles. The van der Waals surface area contributed by atoms with Gasteiger partial charge in [0.1, 0.15) is 5.76 Å². The predicted octanol–water partition coefficient (Wildman–Crippen LogP) is 3.93. The van der Waals surface area contributed by atoms with Gasteiger partial charge >= 0.3 is 0 Å². The molecule has 4 aromatic rings. The number of nitrogens with zero attached hydrogens (tertiary/aromatic N) is 3.